The van der Waals surface area contributed by atoms with Crippen molar-refractivity contribution in [2.24, 2.45) is 5.92 Å². The van der Waals surface area contributed by atoms with E-state index in [-0.39, 0.29) is 12.5 Å². The van der Waals surface area contributed by atoms with Crippen LogP contribution in [-0.4, -0.2) is 24.7 Å². The second-order valence-corrected chi connectivity index (χ2v) is 4.06. The summed E-state index contributed by atoms with van der Waals surface area (Å²) in [7, 11) is 1.52. The van der Waals surface area contributed by atoms with Gasteiger partial charge in [-0.05, 0) is 24.6 Å². The van der Waals surface area contributed by atoms with Crippen LogP contribution in [0.1, 0.15) is 13.3 Å². The van der Waals surface area contributed by atoms with Gasteiger partial charge in [-0.2, -0.15) is 0 Å². The topological polar surface area (TPSA) is 58.6 Å². The molecule has 1 atom stereocenters. The van der Waals surface area contributed by atoms with E-state index in [4.69, 9.17) is 21.4 Å². The molecule has 17 heavy (non-hydrogen) atoms. The van der Waals surface area contributed by atoms with Crippen molar-refractivity contribution in [2.45, 2.75) is 13.3 Å². The molecule has 0 aliphatic carbocycles. The van der Waals surface area contributed by atoms with Crippen molar-refractivity contribution in [3.8, 4) is 5.75 Å². The van der Waals surface area contributed by atoms with Crippen molar-refractivity contribution < 1.29 is 14.6 Å². The van der Waals surface area contributed by atoms with Gasteiger partial charge in [-0.3, -0.25) is 4.79 Å². The molecule has 0 aliphatic heterocycles. The smallest absolute Gasteiger partial charge is 0.229 e. The van der Waals surface area contributed by atoms with E-state index >= 15 is 0 Å². The molecule has 0 bridgehead atoms. The van der Waals surface area contributed by atoms with Crippen molar-refractivity contribution in [3.05, 3.63) is 23.2 Å². The lowest BCUT2D eigenvalue weighted by atomic mass is 10.1. The third kappa shape index (κ3) is 3.61. The van der Waals surface area contributed by atoms with Gasteiger partial charge in [0.25, 0.3) is 0 Å². The zero-order valence-corrected chi connectivity index (χ0v) is 10.6. The monoisotopic (exact) mass is 257 g/mol. The normalized spacial score (nSPS) is 12.0. The zero-order chi connectivity index (χ0) is 12.8. The molecule has 0 saturated carbocycles. The number of carbonyl (C=O) groups excluding carboxylic acids is 1. The minimum absolute atomic E-state index is 0.175. The van der Waals surface area contributed by atoms with Crippen molar-refractivity contribution in [1.29, 1.82) is 0 Å². The van der Waals surface area contributed by atoms with Crippen molar-refractivity contribution >= 4 is 23.2 Å². The Morgan fingerprint density at radius 3 is 2.82 bits per heavy atom. The summed E-state index contributed by atoms with van der Waals surface area (Å²) < 4.78 is 5.11. The molecule has 94 valence electrons. The predicted octanol–water partition coefficient (Wildman–Crippen LogP) is 2.31. The summed E-state index contributed by atoms with van der Waals surface area (Å²) in [6, 6.07) is 4.97. The Balaban J connectivity index is 2.86. The van der Waals surface area contributed by atoms with Crippen LogP contribution in [0, 0.1) is 5.92 Å². The highest BCUT2D eigenvalue weighted by atomic mass is 35.5. The van der Waals surface area contributed by atoms with E-state index in [1.54, 1.807) is 18.2 Å². The summed E-state index contributed by atoms with van der Waals surface area (Å²) in [5.74, 6) is -0.121. The quantitative estimate of drug-likeness (QED) is 0.851. The molecule has 0 heterocycles. The molecule has 1 rings (SSSR count). The lowest BCUT2D eigenvalue weighted by Gasteiger charge is -2.14. The second-order valence-electron chi connectivity index (χ2n) is 3.62. The van der Waals surface area contributed by atoms with Crippen LogP contribution in [0.25, 0.3) is 0 Å². The van der Waals surface area contributed by atoms with E-state index in [9.17, 15) is 4.79 Å². The van der Waals surface area contributed by atoms with Gasteiger partial charge < -0.3 is 15.2 Å². The zero-order valence-electron chi connectivity index (χ0n) is 9.87. The van der Waals surface area contributed by atoms with Crippen molar-refractivity contribution in [1.82, 2.24) is 0 Å². The van der Waals surface area contributed by atoms with Gasteiger partial charge in [-0.1, -0.05) is 18.5 Å². The molecular weight excluding hydrogens is 242 g/mol. The van der Waals surface area contributed by atoms with Gasteiger partial charge in [-0.25, -0.2) is 0 Å². The molecule has 4 nitrogen and oxygen atoms in total. The Labute approximate surface area is 106 Å². The standard InChI is InChI=1S/C12H16ClNO3/c1-3-8(7-15)12(16)14-10-6-9(13)4-5-11(10)17-2/h4-6,8,15H,3,7H2,1-2H3,(H,14,16). The van der Waals surface area contributed by atoms with Crippen LogP contribution in [-0.2, 0) is 4.79 Å². The summed E-state index contributed by atoms with van der Waals surface area (Å²) in [6.07, 6.45) is 0.575. The average molecular weight is 258 g/mol. The van der Waals surface area contributed by atoms with Crippen LogP contribution < -0.4 is 10.1 Å². The van der Waals surface area contributed by atoms with E-state index in [1.807, 2.05) is 6.92 Å². The molecular formula is C12H16ClNO3. The Hall–Kier alpha value is -1.26. The molecule has 0 aliphatic rings. The number of nitrogens with one attached hydrogen (secondary N) is 1. The number of hydrogen-bond donors (Lipinski definition) is 2. The number of hydrogen-bond acceptors (Lipinski definition) is 3. The number of benzene rings is 1. The maximum absolute atomic E-state index is 11.8. The number of ether oxygens (including phenoxy) is 1. The number of amides is 1. The number of aliphatic hydroxyl groups excluding tert-OH is 1. The molecule has 2 N–H and O–H groups in total. The van der Waals surface area contributed by atoms with Gasteiger partial charge in [0.1, 0.15) is 5.75 Å². The predicted molar refractivity (Wildman–Crippen MR) is 67.5 cm³/mol. The molecule has 0 fully saturated rings. The molecule has 1 amide bonds. The lowest BCUT2D eigenvalue weighted by molar-refractivity contribution is -0.121. The number of rotatable bonds is 5. The van der Waals surface area contributed by atoms with Crippen LogP contribution in [0.2, 0.25) is 5.02 Å². The van der Waals surface area contributed by atoms with E-state index < -0.39 is 5.92 Å². The highest BCUT2D eigenvalue weighted by Crippen LogP contribution is 2.28. The van der Waals surface area contributed by atoms with Gasteiger partial charge in [0, 0.05) is 5.02 Å². The minimum atomic E-state index is -0.418. The third-order valence-corrected chi connectivity index (χ3v) is 2.74. The van der Waals surface area contributed by atoms with Crippen LogP contribution in [0.5, 0.6) is 5.75 Å². The number of methoxy groups -OCH3 is 1. The second kappa shape index (κ2) is 6.47. The Morgan fingerprint density at radius 1 is 1.59 bits per heavy atom. The molecule has 0 aromatic heterocycles. The van der Waals surface area contributed by atoms with E-state index in [1.165, 1.54) is 7.11 Å². The molecule has 1 aromatic carbocycles. The summed E-state index contributed by atoms with van der Waals surface area (Å²) >= 11 is 5.85. The SMILES string of the molecule is CCC(CO)C(=O)Nc1cc(Cl)ccc1OC. The number of carbonyl (C=O) groups is 1. The Bertz CT molecular complexity index is 391. The van der Waals surface area contributed by atoms with E-state index in [0.29, 0.717) is 22.9 Å². The average Bonchev–Trinajstić information content (AvgIpc) is 2.31. The molecule has 5 heteroatoms. The maximum Gasteiger partial charge on any atom is 0.229 e. The number of anilines is 1. The summed E-state index contributed by atoms with van der Waals surface area (Å²) in [5.41, 5.74) is 0.511. The maximum atomic E-state index is 11.8. The third-order valence-electron chi connectivity index (χ3n) is 2.50. The fraction of sp³-hybridized carbons (Fsp3) is 0.417. The summed E-state index contributed by atoms with van der Waals surface area (Å²) in [5, 5.41) is 12.2. The number of halogens is 1. The first kappa shape index (κ1) is 13.8. The van der Waals surface area contributed by atoms with Gasteiger partial charge in [0.15, 0.2) is 0 Å². The van der Waals surface area contributed by atoms with Gasteiger partial charge in [0.2, 0.25) is 5.91 Å². The van der Waals surface area contributed by atoms with Gasteiger partial charge >= 0.3 is 0 Å². The molecule has 1 aromatic rings. The van der Waals surface area contributed by atoms with Gasteiger partial charge in [0.05, 0.1) is 25.3 Å². The van der Waals surface area contributed by atoms with Gasteiger partial charge in [-0.15, -0.1) is 0 Å². The Morgan fingerprint density at radius 2 is 2.29 bits per heavy atom. The van der Waals surface area contributed by atoms with Crippen LogP contribution >= 0.6 is 11.6 Å². The first-order chi connectivity index (χ1) is 8.12. The molecule has 0 spiro atoms. The molecule has 1 unspecified atom stereocenters. The highest BCUT2D eigenvalue weighted by Gasteiger charge is 2.17. The highest BCUT2D eigenvalue weighted by molar-refractivity contribution is 6.31. The number of aliphatic hydroxyl groups is 1. The van der Waals surface area contributed by atoms with Crippen molar-refractivity contribution in [3.63, 3.8) is 0 Å². The summed E-state index contributed by atoms with van der Waals surface area (Å²) in [6.45, 7) is 1.67. The first-order valence-corrected chi connectivity index (χ1v) is 5.75. The van der Waals surface area contributed by atoms with Crippen LogP contribution in [0.4, 0.5) is 5.69 Å². The van der Waals surface area contributed by atoms with E-state index in [2.05, 4.69) is 5.32 Å². The largest absolute Gasteiger partial charge is 0.495 e. The lowest BCUT2D eigenvalue weighted by Crippen LogP contribution is -2.25. The first-order valence-electron chi connectivity index (χ1n) is 5.37. The van der Waals surface area contributed by atoms with E-state index in [0.717, 1.165) is 0 Å². The molecule has 0 radical (unpaired) electrons. The Kier molecular flexibility index (Phi) is 5.25. The fourth-order valence-corrected chi connectivity index (χ4v) is 1.58. The van der Waals surface area contributed by atoms with Crippen LogP contribution in [0.15, 0.2) is 18.2 Å². The summed E-state index contributed by atoms with van der Waals surface area (Å²) in [4.78, 5) is 11.8. The molecule has 0 saturated heterocycles. The van der Waals surface area contributed by atoms with Crippen molar-refractivity contribution in [2.75, 3.05) is 19.0 Å². The fourth-order valence-electron chi connectivity index (χ4n) is 1.41. The minimum Gasteiger partial charge on any atom is -0.495 e. The van der Waals surface area contributed by atoms with Crippen LogP contribution in [0.3, 0.4) is 0 Å².